The van der Waals surface area contributed by atoms with Gasteiger partial charge in [-0.2, -0.15) is 0 Å². The fourth-order valence-electron chi connectivity index (χ4n) is 1.64. The lowest BCUT2D eigenvalue weighted by Gasteiger charge is -2.04. The van der Waals surface area contributed by atoms with Crippen LogP contribution in [-0.2, 0) is 0 Å². The Bertz CT molecular complexity index is 543. The third-order valence-corrected chi connectivity index (χ3v) is 3.05. The topological polar surface area (TPSA) is 32.9 Å². The quantitative estimate of drug-likeness (QED) is 0.829. The number of Topliss-reactive ketones (excluding diaryl/α,β-unsaturated/α-hetero) is 1. The fourth-order valence-corrected chi connectivity index (χ4v) is 2.00. The number of carbonyl (C=O) groups is 1. The maximum atomic E-state index is 11.2. The Labute approximate surface area is 103 Å². The molecule has 0 fully saturated rings. The molecule has 3 heteroatoms. The number of hydrogen-bond acceptors (Lipinski definition) is 1. The zero-order chi connectivity index (χ0) is 11.7. The Hall–Kier alpha value is -1.35. The first-order chi connectivity index (χ1) is 7.58. The molecule has 0 amide bonds. The molecule has 2 nitrogen and oxygen atoms in total. The van der Waals surface area contributed by atoms with Gasteiger partial charge in [-0.3, -0.25) is 4.79 Å². The van der Waals surface area contributed by atoms with Crippen molar-refractivity contribution in [3.63, 3.8) is 0 Å². The van der Waals surface area contributed by atoms with Gasteiger partial charge in [-0.05, 0) is 36.8 Å². The molecule has 1 aromatic carbocycles. The molecule has 0 aliphatic heterocycles. The van der Waals surface area contributed by atoms with Crippen molar-refractivity contribution in [1.29, 1.82) is 0 Å². The van der Waals surface area contributed by atoms with Crippen molar-refractivity contribution < 1.29 is 4.79 Å². The van der Waals surface area contributed by atoms with Crippen LogP contribution in [0.5, 0.6) is 0 Å². The van der Waals surface area contributed by atoms with E-state index >= 15 is 0 Å². The number of aryl methyl sites for hydroxylation is 1. The third kappa shape index (κ3) is 2.09. The minimum absolute atomic E-state index is 0.0545. The first-order valence-corrected chi connectivity index (χ1v) is 5.83. The van der Waals surface area contributed by atoms with E-state index in [1.54, 1.807) is 6.92 Å². The van der Waals surface area contributed by atoms with Gasteiger partial charge in [0.2, 0.25) is 0 Å². The third-order valence-electron chi connectivity index (χ3n) is 2.56. The van der Waals surface area contributed by atoms with Crippen molar-refractivity contribution in [2.75, 3.05) is 0 Å². The summed E-state index contributed by atoms with van der Waals surface area (Å²) in [6.45, 7) is 3.61. The van der Waals surface area contributed by atoms with E-state index < -0.39 is 0 Å². The normalized spacial score (nSPS) is 10.4. The zero-order valence-electron chi connectivity index (χ0n) is 9.17. The number of benzene rings is 1. The summed E-state index contributed by atoms with van der Waals surface area (Å²) < 4.78 is 1.03. The van der Waals surface area contributed by atoms with Crippen LogP contribution in [-0.4, -0.2) is 10.8 Å². The van der Waals surface area contributed by atoms with Crippen molar-refractivity contribution in [1.82, 2.24) is 4.98 Å². The summed E-state index contributed by atoms with van der Waals surface area (Å²) in [5, 5.41) is 0. The standard InChI is InChI=1S/C13H12BrNO/c1-8-3-4-10(14)7-11(8)13-6-5-12(15-13)9(2)16/h3-7,15H,1-2H3. The van der Waals surface area contributed by atoms with E-state index in [2.05, 4.69) is 27.8 Å². The molecule has 0 atom stereocenters. The van der Waals surface area contributed by atoms with Gasteiger partial charge in [0, 0.05) is 22.7 Å². The average molecular weight is 278 g/mol. The molecule has 0 radical (unpaired) electrons. The molecule has 0 spiro atoms. The van der Waals surface area contributed by atoms with Gasteiger partial charge in [-0.25, -0.2) is 0 Å². The molecule has 1 heterocycles. The molecular weight excluding hydrogens is 266 g/mol. The van der Waals surface area contributed by atoms with Crippen LogP contribution in [0, 0.1) is 6.92 Å². The summed E-state index contributed by atoms with van der Waals surface area (Å²) >= 11 is 3.45. The highest BCUT2D eigenvalue weighted by Crippen LogP contribution is 2.26. The average Bonchev–Trinajstić information content (AvgIpc) is 2.70. The minimum Gasteiger partial charge on any atom is -0.352 e. The summed E-state index contributed by atoms with van der Waals surface area (Å²) in [4.78, 5) is 14.3. The van der Waals surface area contributed by atoms with Gasteiger partial charge in [0.15, 0.2) is 5.78 Å². The van der Waals surface area contributed by atoms with Crippen molar-refractivity contribution >= 4 is 21.7 Å². The van der Waals surface area contributed by atoms with Gasteiger partial charge < -0.3 is 4.98 Å². The van der Waals surface area contributed by atoms with Crippen LogP contribution in [0.25, 0.3) is 11.3 Å². The number of halogens is 1. The monoisotopic (exact) mass is 277 g/mol. The molecule has 0 aliphatic rings. The van der Waals surface area contributed by atoms with Crippen LogP contribution < -0.4 is 0 Å². The molecule has 1 aromatic heterocycles. The fraction of sp³-hybridized carbons (Fsp3) is 0.154. The molecule has 0 saturated heterocycles. The molecule has 0 saturated carbocycles. The number of aromatic nitrogens is 1. The predicted molar refractivity (Wildman–Crippen MR) is 68.7 cm³/mol. The number of H-pyrrole nitrogens is 1. The molecule has 16 heavy (non-hydrogen) atoms. The van der Waals surface area contributed by atoms with Gasteiger partial charge in [0.05, 0.1) is 5.69 Å². The number of hydrogen-bond donors (Lipinski definition) is 1. The molecule has 2 rings (SSSR count). The Kier molecular flexibility index (Phi) is 2.97. The van der Waals surface area contributed by atoms with E-state index in [1.165, 1.54) is 5.56 Å². The highest BCUT2D eigenvalue weighted by molar-refractivity contribution is 9.10. The van der Waals surface area contributed by atoms with E-state index in [0.717, 1.165) is 15.7 Å². The maximum absolute atomic E-state index is 11.2. The van der Waals surface area contributed by atoms with E-state index in [1.807, 2.05) is 30.3 Å². The van der Waals surface area contributed by atoms with Gasteiger partial charge >= 0.3 is 0 Å². The van der Waals surface area contributed by atoms with Crippen molar-refractivity contribution in [3.8, 4) is 11.3 Å². The number of nitrogens with one attached hydrogen (secondary N) is 1. The van der Waals surface area contributed by atoms with E-state index in [-0.39, 0.29) is 5.78 Å². The number of rotatable bonds is 2. The van der Waals surface area contributed by atoms with Crippen LogP contribution in [0.2, 0.25) is 0 Å². The second-order valence-corrected chi connectivity index (χ2v) is 4.72. The second kappa shape index (κ2) is 4.26. The van der Waals surface area contributed by atoms with Crippen LogP contribution in [0.15, 0.2) is 34.8 Å². The maximum Gasteiger partial charge on any atom is 0.175 e. The van der Waals surface area contributed by atoms with Crippen LogP contribution in [0.3, 0.4) is 0 Å². The SMILES string of the molecule is CC(=O)c1ccc(-c2cc(Br)ccc2C)[nH]1. The first-order valence-electron chi connectivity index (χ1n) is 5.04. The molecular formula is C13H12BrNO. The Morgan fingerprint density at radius 3 is 2.62 bits per heavy atom. The first kappa shape index (κ1) is 11.1. The highest BCUT2D eigenvalue weighted by Gasteiger charge is 2.07. The van der Waals surface area contributed by atoms with Crippen LogP contribution in [0.1, 0.15) is 23.0 Å². The van der Waals surface area contributed by atoms with Crippen LogP contribution >= 0.6 is 15.9 Å². The lowest BCUT2D eigenvalue weighted by atomic mass is 10.1. The second-order valence-electron chi connectivity index (χ2n) is 3.80. The number of carbonyl (C=O) groups excluding carboxylic acids is 1. The predicted octanol–water partition coefficient (Wildman–Crippen LogP) is 3.96. The summed E-state index contributed by atoms with van der Waals surface area (Å²) in [6.07, 6.45) is 0. The Morgan fingerprint density at radius 1 is 1.25 bits per heavy atom. The molecule has 0 bridgehead atoms. The van der Waals surface area contributed by atoms with Crippen LogP contribution in [0.4, 0.5) is 0 Å². The summed E-state index contributed by atoms with van der Waals surface area (Å²) in [7, 11) is 0. The zero-order valence-corrected chi connectivity index (χ0v) is 10.8. The largest absolute Gasteiger partial charge is 0.352 e. The summed E-state index contributed by atoms with van der Waals surface area (Å²) in [5.74, 6) is 0.0545. The number of ketones is 1. The minimum atomic E-state index is 0.0545. The molecule has 0 unspecified atom stereocenters. The molecule has 0 aliphatic carbocycles. The molecule has 2 aromatic rings. The summed E-state index contributed by atoms with van der Waals surface area (Å²) in [5.41, 5.74) is 3.92. The number of aromatic amines is 1. The van der Waals surface area contributed by atoms with Gasteiger partial charge in [0.1, 0.15) is 0 Å². The van der Waals surface area contributed by atoms with E-state index in [4.69, 9.17) is 0 Å². The molecule has 1 N–H and O–H groups in total. The van der Waals surface area contributed by atoms with E-state index in [9.17, 15) is 4.79 Å². The van der Waals surface area contributed by atoms with Gasteiger partial charge in [-0.15, -0.1) is 0 Å². The smallest absolute Gasteiger partial charge is 0.175 e. The highest BCUT2D eigenvalue weighted by atomic mass is 79.9. The summed E-state index contributed by atoms with van der Waals surface area (Å²) in [6, 6.07) is 9.86. The Balaban J connectivity index is 2.50. The van der Waals surface area contributed by atoms with Crippen molar-refractivity contribution in [2.45, 2.75) is 13.8 Å². The van der Waals surface area contributed by atoms with Crippen molar-refractivity contribution in [2.24, 2.45) is 0 Å². The lowest BCUT2D eigenvalue weighted by Crippen LogP contribution is -1.91. The van der Waals surface area contributed by atoms with Gasteiger partial charge in [-0.1, -0.05) is 22.0 Å². The van der Waals surface area contributed by atoms with Crippen molar-refractivity contribution in [3.05, 3.63) is 46.1 Å². The Morgan fingerprint density at radius 2 is 2.00 bits per heavy atom. The van der Waals surface area contributed by atoms with E-state index in [0.29, 0.717) is 5.69 Å². The lowest BCUT2D eigenvalue weighted by molar-refractivity contribution is 0.101. The van der Waals surface area contributed by atoms with Gasteiger partial charge in [0.25, 0.3) is 0 Å². The molecule has 82 valence electrons.